The Morgan fingerprint density at radius 3 is 2.38 bits per heavy atom. The van der Waals surface area contributed by atoms with Gasteiger partial charge in [-0.15, -0.1) is 0 Å². The van der Waals surface area contributed by atoms with E-state index in [0.29, 0.717) is 33.7 Å². The molecule has 1 saturated heterocycles. The first kappa shape index (κ1) is 25.8. The Morgan fingerprint density at radius 1 is 1.09 bits per heavy atom. The van der Waals surface area contributed by atoms with Crippen molar-refractivity contribution in [1.29, 1.82) is 0 Å². The Morgan fingerprint density at radius 2 is 1.76 bits per heavy atom. The number of nitrogens with two attached hydrogens (primary N) is 3. The Kier molecular flexibility index (Phi) is 8.17. The van der Waals surface area contributed by atoms with Gasteiger partial charge in [0, 0.05) is 30.6 Å². The number of rotatable bonds is 7. The molecule has 1 aromatic carbocycles. The summed E-state index contributed by atoms with van der Waals surface area (Å²) in [6, 6.07) is 4.16. The zero-order valence-electron chi connectivity index (χ0n) is 20.4. The normalized spacial score (nSPS) is 31.1. The number of benzene rings is 1. The van der Waals surface area contributed by atoms with Crippen LogP contribution >= 0.6 is 23.2 Å². The average Bonchev–Trinajstić information content (AvgIpc) is 3.27. The second-order valence-electron chi connectivity index (χ2n) is 9.95. The van der Waals surface area contributed by atoms with Gasteiger partial charge in [-0.05, 0) is 38.8 Å². The quantitative estimate of drug-likeness (QED) is 0.482. The Hall–Kier alpha value is -1.29. The summed E-state index contributed by atoms with van der Waals surface area (Å²) in [5.74, 6) is 1.35. The predicted molar refractivity (Wildman–Crippen MR) is 141 cm³/mol. The third-order valence-electron chi connectivity index (χ3n) is 8.09. The maximum Gasteiger partial charge on any atom is 0.248 e. The molecule has 8 nitrogen and oxygen atoms in total. The molecule has 10 heteroatoms. The molecule has 0 spiro atoms. The van der Waals surface area contributed by atoms with Crippen molar-refractivity contribution in [3.63, 3.8) is 0 Å². The fourth-order valence-corrected chi connectivity index (χ4v) is 6.84. The minimum atomic E-state index is -0.653. The van der Waals surface area contributed by atoms with E-state index in [1.54, 1.807) is 7.11 Å². The molecule has 34 heavy (non-hydrogen) atoms. The standard InChI is InChI=1S/C24H40Cl2N7O/c1-3-31-11-7-10-17(31)14-32-22(27)30-23(28)33(24(32)29,15-16-8-5-4-6-9-16)18-12-19(25)21(34-2)20(26)13-18/h12-13,16-17,23-24H,3-11,14-15,28-29H2,1-2H3,(H2,27,30)/q+1. The van der Waals surface area contributed by atoms with E-state index >= 15 is 0 Å². The molecule has 4 atom stereocenters. The highest BCUT2D eigenvalue weighted by Gasteiger charge is 2.52. The molecule has 1 aliphatic carbocycles. The molecule has 0 amide bonds. The van der Waals surface area contributed by atoms with Crippen molar-refractivity contribution in [1.82, 2.24) is 14.3 Å². The van der Waals surface area contributed by atoms with E-state index < -0.39 is 12.6 Å². The van der Waals surface area contributed by atoms with Crippen LogP contribution < -0.4 is 26.4 Å². The van der Waals surface area contributed by atoms with Gasteiger partial charge in [0.15, 0.2) is 5.75 Å². The summed E-state index contributed by atoms with van der Waals surface area (Å²) in [6.45, 7) is 5.80. The molecule has 4 unspecified atom stereocenters. The van der Waals surface area contributed by atoms with Crippen molar-refractivity contribution in [2.24, 2.45) is 28.1 Å². The lowest BCUT2D eigenvalue weighted by molar-refractivity contribution is 0.0187. The molecule has 190 valence electrons. The summed E-state index contributed by atoms with van der Waals surface area (Å²) in [5, 5.41) is 0.875. The highest BCUT2D eigenvalue weighted by atomic mass is 35.5. The minimum Gasteiger partial charge on any atom is -0.494 e. The highest BCUT2D eigenvalue weighted by molar-refractivity contribution is 6.37. The van der Waals surface area contributed by atoms with Crippen LogP contribution in [-0.4, -0.2) is 67.7 Å². The van der Waals surface area contributed by atoms with Gasteiger partial charge < -0.3 is 10.5 Å². The lowest BCUT2D eigenvalue weighted by Crippen LogP contribution is -2.79. The van der Waals surface area contributed by atoms with E-state index in [1.807, 2.05) is 12.1 Å². The predicted octanol–water partition coefficient (Wildman–Crippen LogP) is 3.49. The number of nitrogens with zero attached hydrogens (tertiary/aromatic N) is 4. The van der Waals surface area contributed by atoms with Crippen LogP contribution in [0.1, 0.15) is 51.9 Å². The van der Waals surface area contributed by atoms with E-state index in [9.17, 15) is 0 Å². The zero-order chi connectivity index (χ0) is 24.5. The third-order valence-corrected chi connectivity index (χ3v) is 8.65. The Balaban J connectivity index is 1.77. The first-order chi connectivity index (χ1) is 16.3. The number of guanidine groups is 1. The van der Waals surface area contributed by atoms with Gasteiger partial charge in [-0.3, -0.25) is 21.3 Å². The van der Waals surface area contributed by atoms with Crippen LogP contribution in [-0.2, 0) is 0 Å². The molecule has 1 saturated carbocycles. The van der Waals surface area contributed by atoms with E-state index in [2.05, 4.69) is 16.7 Å². The van der Waals surface area contributed by atoms with E-state index in [4.69, 9.17) is 50.1 Å². The van der Waals surface area contributed by atoms with Gasteiger partial charge in [-0.2, -0.15) is 4.99 Å². The minimum absolute atomic E-state index is 0.244. The SMILES string of the molecule is CCN1CCCC1CN1C(N)=NC(N)[N+](CC2CCCCC2)(c2cc(Cl)c(OC)c(Cl)c2)C1N. The summed E-state index contributed by atoms with van der Waals surface area (Å²) in [5.41, 5.74) is 21.3. The zero-order valence-corrected chi connectivity index (χ0v) is 21.9. The summed E-state index contributed by atoms with van der Waals surface area (Å²) in [7, 11) is 1.56. The second-order valence-corrected chi connectivity index (χ2v) is 10.8. The average molecular weight is 514 g/mol. The monoisotopic (exact) mass is 512 g/mol. The molecule has 4 rings (SSSR count). The molecular weight excluding hydrogens is 473 g/mol. The molecule has 0 aromatic heterocycles. The maximum atomic E-state index is 7.15. The summed E-state index contributed by atoms with van der Waals surface area (Å²) in [6.07, 6.45) is 7.19. The number of methoxy groups -OCH3 is 1. The second kappa shape index (κ2) is 10.8. The van der Waals surface area contributed by atoms with E-state index in [-0.39, 0.29) is 4.48 Å². The topological polar surface area (TPSA) is 106 Å². The number of aliphatic imine (C=N–C) groups is 1. The van der Waals surface area contributed by atoms with Crippen LogP contribution in [0.3, 0.4) is 0 Å². The van der Waals surface area contributed by atoms with Gasteiger partial charge in [0.2, 0.25) is 18.5 Å². The first-order valence-corrected chi connectivity index (χ1v) is 13.3. The first-order valence-electron chi connectivity index (χ1n) is 12.6. The third kappa shape index (κ3) is 4.73. The van der Waals surface area contributed by atoms with Crippen molar-refractivity contribution >= 4 is 34.8 Å². The summed E-state index contributed by atoms with van der Waals surface area (Å²) >= 11 is 13.2. The molecule has 2 aliphatic heterocycles. The van der Waals surface area contributed by atoms with Gasteiger partial charge in [0.05, 0.1) is 23.7 Å². The van der Waals surface area contributed by atoms with Gasteiger partial charge in [0.1, 0.15) is 5.69 Å². The maximum absolute atomic E-state index is 7.15. The fraction of sp³-hybridized carbons (Fsp3) is 0.708. The fourth-order valence-electron chi connectivity index (χ4n) is 6.21. The van der Waals surface area contributed by atoms with Crippen LogP contribution in [0.5, 0.6) is 5.75 Å². The van der Waals surface area contributed by atoms with Gasteiger partial charge >= 0.3 is 0 Å². The molecule has 6 N–H and O–H groups in total. The van der Waals surface area contributed by atoms with Crippen LogP contribution in [0.2, 0.25) is 10.0 Å². The van der Waals surface area contributed by atoms with Gasteiger partial charge in [-0.25, -0.2) is 4.48 Å². The Labute approximate surface area is 213 Å². The van der Waals surface area contributed by atoms with Crippen molar-refractivity contribution in [3.8, 4) is 5.75 Å². The molecule has 2 fully saturated rings. The van der Waals surface area contributed by atoms with Crippen LogP contribution in [0.4, 0.5) is 5.69 Å². The van der Waals surface area contributed by atoms with Crippen molar-refractivity contribution in [3.05, 3.63) is 22.2 Å². The number of hydrogen-bond donors (Lipinski definition) is 3. The summed E-state index contributed by atoms with van der Waals surface area (Å²) in [4.78, 5) is 9.30. The molecule has 0 bridgehead atoms. The van der Waals surface area contributed by atoms with Gasteiger partial charge in [0.25, 0.3) is 0 Å². The molecule has 2 heterocycles. The number of hydrogen-bond acceptors (Lipinski definition) is 7. The molecule has 3 aliphatic rings. The molecule has 0 radical (unpaired) electrons. The highest BCUT2D eigenvalue weighted by Crippen LogP contribution is 2.43. The number of halogens is 2. The smallest absolute Gasteiger partial charge is 0.248 e. The van der Waals surface area contributed by atoms with Crippen LogP contribution in [0, 0.1) is 5.92 Å². The largest absolute Gasteiger partial charge is 0.494 e. The van der Waals surface area contributed by atoms with Crippen molar-refractivity contribution in [2.45, 2.75) is 70.5 Å². The Bertz CT molecular complexity index is 871. The van der Waals surface area contributed by atoms with Crippen LogP contribution in [0.25, 0.3) is 0 Å². The van der Waals surface area contributed by atoms with Crippen molar-refractivity contribution < 1.29 is 4.74 Å². The lowest BCUT2D eigenvalue weighted by atomic mass is 9.88. The van der Waals surface area contributed by atoms with Crippen molar-refractivity contribution in [2.75, 3.05) is 33.3 Å². The summed E-state index contributed by atoms with van der Waals surface area (Å²) < 4.78 is 5.65. The number of quaternary nitrogens is 1. The van der Waals surface area contributed by atoms with E-state index in [0.717, 1.165) is 51.1 Å². The number of likely N-dealkylation sites (tertiary alicyclic amines) is 1. The van der Waals surface area contributed by atoms with Gasteiger partial charge in [-0.1, -0.05) is 49.4 Å². The van der Waals surface area contributed by atoms with E-state index in [1.165, 1.54) is 25.7 Å². The molecular formula is C24H40Cl2N7O+. The number of ether oxygens (including phenoxy) is 1. The molecule has 1 aromatic rings. The lowest BCUT2D eigenvalue weighted by Gasteiger charge is -2.53. The van der Waals surface area contributed by atoms with Crippen LogP contribution in [0.15, 0.2) is 17.1 Å². The number of likely N-dealkylation sites (N-methyl/N-ethyl adjacent to an activating group) is 1.